The molecule has 138 valence electrons. The number of carboxylic acids is 1. The van der Waals surface area contributed by atoms with E-state index in [1.807, 2.05) is 26.8 Å². The van der Waals surface area contributed by atoms with E-state index >= 15 is 0 Å². The highest BCUT2D eigenvalue weighted by molar-refractivity contribution is 5.95. The van der Waals surface area contributed by atoms with Gasteiger partial charge in [-0.2, -0.15) is 5.10 Å². The lowest BCUT2D eigenvalue weighted by molar-refractivity contribution is -0.151. The lowest BCUT2D eigenvalue weighted by Crippen LogP contribution is -2.49. The minimum Gasteiger partial charge on any atom is -0.481 e. The Morgan fingerprint density at radius 1 is 1.40 bits per heavy atom. The lowest BCUT2D eigenvalue weighted by Gasteiger charge is -2.39. The molecule has 25 heavy (non-hydrogen) atoms. The monoisotopic (exact) mass is 347 g/mol. The first-order chi connectivity index (χ1) is 11.8. The Kier molecular flexibility index (Phi) is 6.03. The van der Waals surface area contributed by atoms with Crippen LogP contribution in [0.25, 0.3) is 0 Å². The summed E-state index contributed by atoms with van der Waals surface area (Å²) in [5, 5.41) is 14.2. The van der Waals surface area contributed by atoms with Crippen LogP contribution in [0.15, 0.2) is 17.8 Å². The van der Waals surface area contributed by atoms with Gasteiger partial charge in [-0.25, -0.2) is 0 Å². The van der Waals surface area contributed by atoms with Crippen LogP contribution < -0.4 is 0 Å². The van der Waals surface area contributed by atoms with Crippen LogP contribution in [0.2, 0.25) is 0 Å². The molecule has 0 aliphatic carbocycles. The number of carbonyl (C=O) groups excluding carboxylic acids is 1. The Morgan fingerprint density at radius 3 is 2.72 bits per heavy atom. The van der Waals surface area contributed by atoms with Crippen LogP contribution in [0, 0.1) is 12.3 Å². The number of aryl methyl sites for hydroxylation is 2. The summed E-state index contributed by atoms with van der Waals surface area (Å²) in [6, 6.07) is 0. The molecule has 1 aliphatic rings. The second-order valence-electron chi connectivity index (χ2n) is 7.29. The number of likely N-dealkylation sites (tertiary alicyclic amines) is 1. The van der Waals surface area contributed by atoms with Crippen molar-refractivity contribution in [2.24, 2.45) is 5.41 Å². The fourth-order valence-electron chi connectivity index (χ4n) is 3.37. The van der Waals surface area contributed by atoms with E-state index in [-0.39, 0.29) is 12.5 Å². The Morgan fingerprint density at radius 2 is 2.12 bits per heavy atom. The Hall–Kier alpha value is -2.11. The normalized spacial score (nSPS) is 20.4. The quantitative estimate of drug-likeness (QED) is 0.802. The van der Waals surface area contributed by atoms with Gasteiger partial charge >= 0.3 is 5.97 Å². The number of aromatic nitrogens is 2. The SMILES string of the molecule is CCCn1cc(C(=O)N2CCC[C@](CC=C(C)C)(C(=O)O)C2)c(C)n1. The smallest absolute Gasteiger partial charge is 0.311 e. The van der Waals surface area contributed by atoms with Crippen molar-refractivity contribution in [1.29, 1.82) is 0 Å². The number of allylic oxidation sites excluding steroid dienone is 2. The zero-order valence-electron chi connectivity index (χ0n) is 15.7. The number of carbonyl (C=O) groups is 2. The molecule has 2 rings (SSSR count). The number of aliphatic carboxylic acids is 1. The second kappa shape index (κ2) is 7.85. The first-order valence-electron chi connectivity index (χ1n) is 8.99. The predicted octanol–water partition coefficient (Wildman–Crippen LogP) is 3.26. The Labute approximate surface area is 149 Å². The zero-order valence-corrected chi connectivity index (χ0v) is 15.7. The van der Waals surface area contributed by atoms with Crippen molar-refractivity contribution in [3.05, 3.63) is 29.1 Å². The average Bonchev–Trinajstić information content (AvgIpc) is 2.93. The molecule has 1 atom stereocenters. The molecule has 1 aliphatic heterocycles. The Bertz CT molecular complexity index is 673. The summed E-state index contributed by atoms with van der Waals surface area (Å²) in [4.78, 5) is 26.6. The maximum Gasteiger partial charge on any atom is 0.311 e. The molecule has 2 heterocycles. The third-order valence-electron chi connectivity index (χ3n) is 4.85. The second-order valence-corrected chi connectivity index (χ2v) is 7.29. The summed E-state index contributed by atoms with van der Waals surface area (Å²) < 4.78 is 1.79. The molecular formula is C19H29N3O3. The van der Waals surface area contributed by atoms with Crippen LogP contribution >= 0.6 is 0 Å². The van der Waals surface area contributed by atoms with Gasteiger partial charge in [-0.15, -0.1) is 0 Å². The third kappa shape index (κ3) is 4.30. The third-order valence-corrected chi connectivity index (χ3v) is 4.85. The van der Waals surface area contributed by atoms with Crippen molar-refractivity contribution < 1.29 is 14.7 Å². The van der Waals surface area contributed by atoms with Crippen LogP contribution in [0.5, 0.6) is 0 Å². The molecule has 0 radical (unpaired) electrons. The molecule has 1 amide bonds. The van der Waals surface area contributed by atoms with Gasteiger partial charge in [0.25, 0.3) is 5.91 Å². The maximum absolute atomic E-state index is 13.0. The van der Waals surface area contributed by atoms with Crippen molar-refractivity contribution in [3.8, 4) is 0 Å². The number of amides is 1. The summed E-state index contributed by atoms with van der Waals surface area (Å²) in [7, 11) is 0. The molecular weight excluding hydrogens is 318 g/mol. The van der Waals surface area contributed by atoms with E-state index in [0.29, 0.717) is 37.1 Å². The van der Waals surface area contributed by atoms with E-state index in [1.165, 1.54) is 0 Å². The molecule has 0 aromatic carbocycles. The lowest BCUT2D eigenvalue weighted by atomic mass is 9.76. The standard InChI is InChI=1S/C19H29N3O3/c1-5-10-22-12-16(15(4)20-22)17(23)21-11-6-8-19(13-21,18(24)25)9-7-14(2)3/h7,12H,5-6,8-11,13H2,1-4H3,(H,24,25)/t19-/m1/s1. The van der Waals surface area contributed by atoms with Crippen molar-refractivity contribution in [3.63, 3.8) is 0 Å². The van der Waals surface area contributed by atoms with E-state index in [9.17, 15) is 14.7 Å². The molecule has 1 saturated heterocycles. The molecule has 1 aromatic rings. The van der Waals surface area contributed by atoms with Gasteiger partial charge in [-0.1, -0.05) is 18.6 Å². The molecule has 6 heteroatoms. The van der Waals surface area contributed by atoms with Crippen molar-refractivity contribution in [2.75, 3.05) is 13.1 Å². The zero-order chi connectivity index (χ0) is 18.6. The molecule has 0 bridgehead atoms. The average molecular weight is 347 g/mol. The highest BCUT2D eigenvalue weighted by atomic mass is 16.4. The fourth-order valence-corrected chi connectivity index (χ4v) is 3.37. The number of hydrogen-bond acceptors (Lipinski definition) is 3. The number of hydrogen-bond donors (Lipinski definition) is 1. The van der Waals surface area contributed by atoms with E-state index in [1.54, 1.807) is 15.8 Å². The molecule has 1 fully saturated rings. The first kappa shape index (κ1) is 19.2. The maximum atomic E-state index is 13.0. The number of piperidine rings is 1. The van der Waals surface area contributed by atoms with Gasteiger partial charge in [-0.05, 0) is 46.5 Å². The number of carboxylic acid groups (broad SMARTS) is 1. The van der Waals surface area contributed by atoms with E-state index in [2.05, 4.69) is 12.0 Å². The van der Waals surface area contributed by atoms with Gasteiger partial charge in [0, 0.05) is 25.8 Å². The van der Waals surface area contributed by atoms with Gasteiger partial charge in [0.15, 0.2) is 0 Å². The van der Waals surface area contributed by atoms with E-state index < -0.39 is 11.4 Å². The highest BCUT2D eigenvalue weighted by Crippen LogP contribution is 2.35. The highest BCUT2D eigenvalue weighted by Gasteiger charge is 2.43. The molecule has 0 saturated carbocycles. The van der Waals surface area contributed by atoms with E-state index in [4.69, 9.17) is 0 Å². The largest absolute Gasteiger partial charge is 0.481 e. The Balaban J connectivity index is 2.22. The van der Waals surface area contributed by atoms with Gasteiger partial charge in [0.2, 0.25) is 0 Å². The summed E-state index contributed by atoms with van der Waals surface area (Å²) in [5.41, 5.74) is 1.49. The van der Waals surface area contributed by atoms with Crippen LogP contribution in [0.1, 0.15) is 62.5 Å². The van der Waals surface area contributed by atoms with Crippen LogP contribution in [-0.4, -0.2) is 44.8 Å². The van der Waals surface area contributed by atoms with Gasteiger partial charge < -0.3 is 10.0 Å². The molecule has 1 aromatic heterocycles. The summed E-state index contributed by atoms with van der Waals surface area (Å²) >= 11 is 0. The van der Waals surface area contributed by atoms with Crippen molar-refractivity contribution in [2.45, 2.75) is 59.9 Å². The van der Waals surface area contributed by atoms with Crippen LogP contribution in [-0.2, 0) is 11.3 Å². The fraction of sp³-hybridized carbons (Fsp3) is 0.632. The number of rotatable bonds is 6. The molecule has 0 unspecified atom stereocenters. The molecule has 1 N–H and O–H groups in total. The molecule has 6 nitrogen and oxygen atoms in total. The first-order valence-corrected chi connectivity index (χ1v) is 8.99. The van der Waals surface area contributed by atoms with E-state index in [0.717, 1.165) is 18.5 Å². The summed E-state index contributed by atoms with van der Waals surface area (Å²) in [6.45, 7) is 9.45. The van der Waals surface area contributed by atoms with Crippen molar-refractivity contribution >= 4 is 11.9 Å². The van der Waals surface area contributed by atoms with Crippen LogP contribution in [0.3, 0.4) is 0 Å². The van der Waals surface area contributed by atoms with Gasteiger partial charge in [0.05, 0.1) is 16.7 Å². The number of nitrogens with zero attached hydrogens (tertiary/aromatic N) is 3. The minimum atomic E-state index is -0.890. The summed E-state index contributed by atoms with van der Waals surface area (Å²) in [6.07, 6.45) is 6.47. The van der Waals surface area contributed by atoms with Crippen LogP contribution in [0.4, 0.5) is 0 Å². The van der Waals surface area contributed by atoms with Crippen molar-refractivity contribution in [1.82, 2.24) is 14.7 Å². The summed E-state index contributed by atoms with van der Waals surface area (Å²) in [5.74, 6) is -0.928. The minimum absolute atomic E-state index is 0.109. The topological polar surface area (TPSA) is 75.4 Å². The van der Waals surface area contributed by atoms with Gasteiger partial charge in [0.1, 0.15) is 0 Å². The molecule has 0 spiro atoms. The predicted molar refractivity (Wildman–Crippen MR) is 96.5 cm³/mol. The van der Waals surface area contributed by atoms with Gasteiger partial charge in [-0.3, -0.25) is 14.3 Å².